The first-order chi connectivity index (χ1) is 12.1. The van der Waals surface area contributed by atoms with Gasteiger partial charge in [-0.15, -0.1) is 0 Å². The van der Waals surface area contributed by atoms with Gasteiger partial charge in [-0.25, -0.2) is 0 Å². The summed E-state index contributed by atoms with van der Waals surface area (Å²) in [6.45, 7) is 23.7. The number of hydrogen-bond donors (Lipinski definition) is 0. The van der Waals surface area contributed by atoms with E-state index in [-0.39, 0.29) is 5.78 Å². The van der Waals surface area contributed by atoms with Gasteiger partial charge in [-0.1, -0.05) is 120 Å². The lowest BCUT2D eigenvalue weighted by atomic mass is 10.00. The first-order valence-corrected chi connectivity index (χ1v) is 10.7. The van der Waals surface area contributed by atoms with E-state index in [1.54, 1.807) is 0 Å². The van der Waals surface area contributed by atoms with Crippen LogP contribution in [0.4, 0.5) is 0 Å². The van der Waals surface area contributed by atoms with Crippen molar-refractivity contribution in [3.8, 4) is 0 Å². The summed E-state index contributed by atoms with van der Waals surface area (Å²) in [7, 11) is 0. The average molecular weight is 365 g/mol. The largest absolute Gasteiger partial charge is 0.294 e. The van der Waals surface area contributed by atoms with Gasteiger partial charge >= 0.3 is 0 Å². The zero-order chi connectivity index (χ0) is 21.1. The number of carbonyl (C=O) groups excluding carboxylic acids is 1. The zero-order valence-electron chi connectivity index (χ0n) is 19.8. The normalized spacial score (nSPS) is 9.62. The van der Waals surface area contributed by atoms with Gasteiger partial charge in [-0.05, 0) is 23.3 Å². The van der Waals surface area contributed by atoms with E-state index >= 15 is 0 Å². The highest BCUT2D eigenvalue weighted by molar-refractivity contribution is 5.95. The lowest BCUT2D eigenvalue weighted by Crippen LogP contribution is -1.96. The van der Waals surface area contributed by atoms with Gasteiger partial charge in [-0.2, -0.15) is 0 Å². The quantitative estimate of drug-likeness (QED) is 0.476. The monoisotopic (exact) mass is 364 g/mol. The Morgan fingerprint density at radius 2 is 1.12 bits per heavy atom. The summed E-state index contributed by atoms with van der Waals surface area (Å²) in [5.74, 6) is 2.47. The fourth-order valence-electron chi connectivity index (χ4n) is 1.26. The van der Waals surface area contributed by atoms with Crippen LogP contribution in [-0.2, 0) is 0 Å². The zero-order valence-corrected chi connectivity index (χ0v) is 19.8. The number of hydrogen-bond acceptors (Lipinski definition) is 1. The molecule has 0 aliphatic heterocycles. The molecular weight excluding hydrogens is 316 g/mol. The molecule has 0 N–H and O–H groups in total. The van der Waals surface area contributed by atoms with Crippen LogP contribution in [0.2, 0.25) is 0 Å². The third-order valence-electron chi connectivity index (χ3n) is 3.54. The summed E-state index contributed by atoms with van der Waals surface area (Å²) in [5, 5.41) is 0. The molecule has 1 aromatic carbocycles. The van der Waals surface area contributed by atoms with Crippen LogP contribution in [0.25, 0.3) is 0 Å². The van der Waals surface area contributed by atoms with E-state index in [0.717, 1.165) is 17.4 Å². The number of benzene rings is 1. The molecule has 0 amide bonds. The van der Waals surface area contributed by atoms with Crippen molar-refractivity contribution < 1.29 is 4.79 Å². The molecule has 1 nitrogen and oxygen atoms in total. The molecule has 0 aliphatic rings. The maximum atomic E-state index is 11.3. The first kappa shape index (κ1) is 29.6. The van der Waals surface area contributed by atoms with Crippen LogP contribution in [0.3, 0.4) is 0 Å². The van der Waals surface area contributed by atoms with Crippen molar-refractivity contribution in [1.29, 1.82) is 0 Å². The lowest BCUT2D eigenvalue weighted by molar-refractivity contribution is 0.0988. The molecule has 0 aromatic heterocycles. The van der Waals surface area contributed by atoms with Crippen LogP contribution in [0.1, 0.15) is 124 Å². The van der Waals surface area contributed by atoms with Crippen LogP contribution in [-0.4, -0.2) is 5.78 Å². The number of Topliss-reactive ketones (excluding diaryl/α,β-unsaturated/α-hetero) is 1. The van der Waals surface area contributed by atoms with E-state index in [1.807, 2.05) is 31.2 Å². The third kappa shape index (κ3) is 22.9. The maximum Gasteiger partial charge on any atom is 0.162 e. The fraction of sp³-hybridized carbons (Fsp3) is 0.720. The van der Waals surface area contributed by atoms with Gasteiger partial charge in [0.15, 0.2) is 5.78 Å². The summed E-state index contributed by atoms with van der Waals surface area (Å²) in [4.78, 5) is 11.3. The van der Waals surface area contributed by atoms with E-state index in [1.165, 1.54) is 24.8 Å². The highest BCUT2D eigenvalue weighted by Gasteiger charge is 2.03. The van der Waals surface area contributed by atoms with Crippen molar-refractivity contribution in [3.05, 3.63) is 35.4 Å². The van der Waals surface area contributed by atoms with Crippen molar-refractivity contribution in [1.82, 2.24) is 0 Å². The fourth-order valence-corrected chi connectivity index (χ4v) is 1.26. The SMILES string of the molecule is CC(C)C.CCC(=O)c1ccc(C(C)C)cc1.CCC(C)C.CCCC. The molecule has 0 saturated heterocycles. The van der Waals surface area contributed by atoms with Crippen LogP contribution in [0.15, 0.2) is 24.3 Å². The smallest absolute Gasteiger partial charge is 0.162 e. The molecule has 0 spiro atoms. The highest BCUT2D eigenvalue weighted by atomic mass is 16.1. The van der Waals surface area contributed by atoms with Crippen molar-refractivity contribution in [2.45, 2.75) is 108 Å². The topological polar surface area (TPSA) is 17.1 Å². The molecule has 0 unspecified atom stereocenters. The molecule has 0 saturated carbocycles. The minimum atomic E-state index is 0.218. The Hall–Kier alpha value is -1.11. The number of ketones is 1. The van der Waals surface area contributed by atoms with Crippen LogP contribution in [0, 0.1) is 11.8 Å². The van der Waals surface area contributed by atoms with E-state index in [0.29, 0.717) is 12.3 Å². The van der Waals surface area contributed by atoms with Crippen molar-refractivity contribution in [3.63, 3.8) is 0 Å². The molecular formula is C25H48O. The first-order valence-electron chi connectivity index (χ1n) is 10.7. The standard InChI is InChI=1S/C12H16O.C5H12.2C4H10/c1-4-12(13)11-7-5-10(6-8-11)9(2)3;1-4-5(2)3;1-4(2)3;1-3-4-2/h5-9H,4H2,1-3H3;5H,4H2,1-3H3;4H,1-3H3;3-4H2,1-2H3. The minimum Gasteiger partial charge on any atom is -0.294 e. The number of carbonyl (C=O) groups is 1. The molecule has 1 heteroatoms. The number of unbranched alkanes of at least 4 members (excludes halogenated alkanes) is 1. The Bertz CT molecular complexity index is 394. The molecule has 0 heterocycles. The lowest BCUT2D eigenvalue weighted by Gasteiger charge is -2.05. The van der Waals surface area contributed by atoms with Gasteiger partial charge in [-0.3, -0.25) is 4.79 Å². The summed E-state index contributed by atoms with van der Waals surface area (Å²) in [5.41, 5.74) is 2.11. The minimum absolute atomic E-state index is 0.218. The van der Waals surface area contributed by atoms with Gasteiger partial charge in [0.25, 0.3) is 0 Å². The van der Waals surface area contributed by atoms with Crippen LogP contribution in [0.5, 0.6) is 0 Å². The van der Waals surface area contributed by atoms with E-state index in [4.69, 9.17) is 0 Å². The Morgan fingerprint density at radius 3 is 1.31 bits per heavy atom. The molecule has 1 rings (SSSR count). The summed E-state index contributed by atoms with van der Waals surface area (Å²) in [6, 6.07) is 7.91. The van der Waals surface area contributed by atoms with E-state index < -0.39 is 0 Å². The molecule has 1 aromatic rings. The summed E-state index contributed by atoms with van der Waals surface area (Å²) >= 11 is 0. The Balaban J connectivity index is -0.000000337. The van der Waals surface area contributed by atoms with E-state index in [9.17, 15) is 4.79 Å². The summed E-state index contributed by atoms with van der Waals surface area (Å²) < 4.78 is 0. The molecule has 0 radical (unpaired) electrons. The predicted molar refractivity (Wildman–Crippen MR) is 121 cm³/mol. The molecule has 0 aliphatic carbocycles. The molecule has 26 heavy (non-hydrogen) atoms. The second-order valence-electron chi connectivity index (χ2n) is 8.09. The van der Waals surface area contributed by atoms with Crippen molar-refractivity contribution in [2.75, 3.05) is 0 Å². The second-order valence-corrected chi connectivity index (χ2v) is 8.09. The highest BCUT2D eigenvalue weighted by Crippen LogP contribution is 2.15. The molecule has 154 valence electrons. The van der Waals surface area contributed by atoms with Gasteiger partial charge in [0.2, 0.25) is 0 Å². The molecule has 0 fully saturated rings. The maximum absolute atomic E-state index is 11.3. The average Bonchev–Trinajstić information content (AvgIpc) is 2.61. The van der Waals surface area contributed by atoms with Crippen molar-refractivity contribution in [2.24, 2.45) is 11.8 Å². The Kier molecular flexibility index (Phi) is 23.0. The third-order valence-corrected chi connectivity index (χ3v) is 3.54. The van der Waals surface area contributed by atoms with Crippen LogP contribution >= 0.6 is 0 Å². The molecule has 0 bridgehead atoms. The number of rotatable bonds is 5. The van der Waals surface area contributed by atoms with Gasteiger partial charge in [0.05, 0.1) is 0 Å². The van der Waals surface area contributed by atoms with E-state index in [2.05, 4.69) is 69.2 Å². The Labute approximate surface area is 166 Å². The van der Waals surface area contributed by atoms with Gasteiger partial charge in [0.1, 0.15) is 0 Å². The molecule has 0 atom stereocenters. The van der Waals surface area contributed by atoms with Gasteiger partial charge < -0.3 is 0 Å². The summed E-state index contributed by atoms with van der Waals surface area (Å²) in [6.07, 6.45) is 4.53. The second kappa shape index (κ2) is 20.2. The predicted octanol–water partition coefficient (Wildman–Crippen LogP) is 8.92. The Morgan fingerprint density at radius 1 is 0.769 bits per heavy atom. The van der Waals surface area contributed by atoms with Crippen LogP contribution < -0.4 is 0 Å². The van der Waals surface area contributed by atoms with Gasteiger partial charge in [0, 0.05) is 12.0 Å². The van der Waals surface area contributed by atoms with Crippen molar-refractivity contribution >= 4 is 5.78 Å².